The van der Waals surface area contributed by atoms with Gasteiger partial charge in [0.15, 0.2) is 0 Å². The molecule has 0 saturated heterocycles. The number of nitrogens with one attached hydrogen (secondary N) is 1. The molecule has 19 heavy (non-hydrogen) atoms. The molecule has 0 aromatic rings. The smallest absolute Gasteiger partial charge is 0.306 e. The molecule has 112 valence electrons. The Hall–Kier alpha value is -0.660. The van der Waals surface area contributed by atoms with E-state index in [1.54, 1.807) is 6.92 Å². The van der Waals surface area contributed by atoms with Gasteiger partial charge in [0.05, 0.1) is 17.3 Å². The molecular weight excluding hydrogens is 270 g/mol. The van der Waals surface area contributed by atoms with E-state index < -0.39 is 21.4 Å². The average molecular weight is 293 g/mol. The van der Waals surface area contributed by atoms with Gasteiger partial charge in [-0.05, 0) is 32.6 Å². The highest BCUT2D eigenvalue weighted by molar-refractivity contribution is 7.90. The predicted molar refractivity (Wildman–Crippen MR) is 71.7 cm³/mol. The van der Waals surface area contributed by atoms with Crippen LogP contribution in [0.25, 0.3) is 0 Å². The number of aliphatic carboxylic acids is 1. The van der Waals surface area contributed by atoms with E-state index in [-0.39, 0.29) is 17.7 Å². The van der Waals surface area contributed by atoms with E-state index in [1.165, 1.54) is 6.26 Å². The van der Waals surface area contributed by atoms with Crippen molar-refractivity contribution in [1.82, 2.24) is 5.32 Å². The van der Waals surface area contributed by atoms with Crippen molar-refractivity contribution in [2.75, 3.05) is 18.6 Å². The van der Waals surface area contributed by atoms with Crippen LogP contribution < -0.4 is 5.32 Å². The van der Waals surface area contributed by atoms with Crippen LogP contribution in [0.15, 0.2) is 0 Å². The zero-order valence-corrected chi connectivity index (χ0v) is 12.2. The van der Waals surface area contributed by atoms with Crippen LogP contribution in [-0.4, -0.2) is 54.8 Å². The van der Waals surface area contributed by atoms with Crippen molar-refractivity contribution >= 4 is 15.8 Å². The average Bonchev–Trinajstić information content (AvgIpc) is 2.25. The zero-order valence-electron chi connectivity index (χ0n) is 11.4. The second-order valence-corrected chi connectivity index (χ2v) is 7.90. The molecule has 0 spiro atoms. The molecule has 1 aliphatic carbocycles. The van der Waals surface area contributed by atoms with Crippen molar-refractivity contribution in [3.63, 3.8) is 0 Å². The molecule has 1 atom stereocenters. The van der Waals surface area contributed by atoms with Gasteiger partial charge in [-0.1, -0.05) is 0 Å². The monoisotopic (exact) mass is 293 g/mol. The number of sulfone groups is 1. The van der Waals surface area contributed by atoms with Gasteiger partial charge in [-0.15, -0.1) is 0 Å². The van der Waals surface area contributed by atoms with Crippen LogP contribution in [0.2, 0.25) is 0 Å². The molecule has 0 aliphatic heterocycles. The number of carbonyl (C=O) groups is 1. The fourth-order valence-corrected chi connectivity index (χ4v) is 3.48. The van der Waals surface area contributed by atoms with Crippen molar-refractivity contribution in [3.05, 3.63) is 0 Å². The van der Waals surface area contributed by atoms with Crippen LogP contribution in [0.5, 0.6) is 0 Å². The van der Waals surface area contributed by atoms with E-state index in [9.17, 15) is 18.3 Å². The summed E-state index contributed by atoms with van der Waals surface area (Å²) in [4.78, 5) is 10.8. The molecule has 1 saturated carbocycles. The number of aliphatic hydroxyl groups is 1. The van der Waals surface area contributed by atoms with E-state index in [2.05, 4.69) is 5.32 Å². The first-order chi connectivity index (χ1) is 8.61. The summed E-state index contributed by atoms with van der Waals surface area (Å²) in [6, 6.07) is -0.226. The minimum atomic E-state index is -3.04. The van der Waals surface area contributed by atoms with Gasteiger partial charge < -0.3 is 15.5 Å². The van der Waals surface area contributed by atoms with Crippen molar-refractivity contribution in [2.24, 2.45) is 5.92 Å². The molecule has 0 radical (unpaired) electrons. The summed E-state index contributed by atoms with van der Waals surface area (Å²) < 4.78 is 22.2. The lowest BCUT2D eigenvalue weighted by Crippen LogP contribution is -2.48. The van der Waals surface area contributed by atoms with Gasteiger partial charge in [-0.25, -0.2) is 8.42 Å². The minimum Gasteiger partial charge on any atom is -0.481 e. The number of carboxylic acids is 1. The fraction of sp³-hybridized carbons (Fsp3) is 0.917. The fourth-order valence-electron chi connectivity index (χ4n) is 2.46. The second kappa shape index (κ2) is 6.19. The third-order valence-corrected chi connectivity index (χ3v) is 4.70. The van der Waals surface area contributed by atoms with Crippen LogP contribution in [-0.2, 0) is 14.6 Å². The largest absolute Gasteiger partial charge is 0.481 e. The van der Waals surface area contributed by atoms with Crippen LogP contribution in [0.3, 0.4) is 0 Å². The first kappa shape index (κ1) is 16.4. The normalized spacial score (nSPS) is 29.9. The lowest BCUT2D eigenvalue weighted by atomic mass is 9.79. The molecule has 0 amide bonds. The molecule has 1 aliphatic rings. The number of hydrogen-bond donors (Lipinski definition) is 3. The van der Waals surface area contributed by atoms with Crippen LogP contribution in [0.1, 0.15) is 32.6 Å². The Labute approximate surface area is 114 Å². The van der Waals surface area contributed by atoms with E-state index in [4.69, 9.17) is 5.11 Å². The van der Waals surface area contributed by atoms with Gasteiger partial charge in [-0.3, -0.25) is 4.79 Å². The van der Waals surface area contributed by atoms with Crippen molar-refractivity contribution in [1.29, 1.82) is 0 Å². The third-order valence-electron chi connectivity index (χ3n) is 3.60. The Balaban J connectivity index is 2.39. The van der Waals surface area contributed by atoms with Crippen LogP contribution >= 0.6 is 0 Å². The first-order valence-corrected chi connectivity index (χ1v) is 8.54. The summed E-state index contributed by atoms with van der Waals surface area (Å²) in [6.45, 7) is 2.06. The summed E-state index contributed by atoms with van der Waals surface area (Å²) in [5.41, 5.74) is -0.919. The Kier molecular flexibility index (Phi) is 5.34. The number of rotatable bonds is 6. The van der Waals surface area contributed by atoms with Gasteiger partial charge >= 0.3 is 5.97 Å². The quantitative estimate of drug-likeness (QED) is 0.637. The van der Waals surface area contributed by atoms with Crippen molar-refractivity contribution < 1.29 is 23.4 Å². The number of hydrogen-bond acceptors (Lipinski definition) is 5. The Morgan fingerprint density at radius 2 is 1.95 bits per heavy atom. The van der Waals surface area contributed by atoms with Crippen LogP contribution in [0.4, 0.5) is 0 Å². The highest BCUT2D eigenvalue weighted by Crippen LogP contribution is 2.31. The third kappa shape index (κ3) is 5.88. The summed E-state index contributed by atoms with van der Waals surface area (Å²) >= 11 is 0. The Morgan fingerprint density at radius 1 is 1.42 bits per heavy atom. The maximum atomic E-state index is 11.1. The van der Waals surface area contributed by atoms with E-state index in [0.717, 1.165) is 0 Å². The summed E-state index contributed by atoms with van der Waals surface area (Å²) in [5.74, 6) is -1.14. The molecule has 0 aromatic carbocycles. The molecule has 6 nitrogen and oxygen atoms in total. The maximum absolute atomic E-state index is 11.1. The standard InChI is InChI=1S/C12H23NO5S/c1-9(7-19(2,17)18)13-8-12(16)5-3-10(4-6-12)11(14)15/h9-10,13,16H,3-8H2,1-2H3,(H,14,15). The summed E-state index contributed by atoms with van der Waals surface area (Å²) in [7, 11) is -3.04. The van der Waals surface area contributed by atoms with E-state index in [0.29, 0.717) is 32.2 Å². The maximum Gasteiger partial charge on any atom is 0.306 e. The topological polar surface area (TPSA) is 104 Å². The lowest BCUT2D eigenvalue weighted by molar-refractivity contribution is -0.144. The number of carboxylic acid groups (broad SMARTS) is 1. The molecule has 0 heterocycles. The molecule has 0 bridgehead atoms. The molecule has 7 heteroatoms. The zero-order chi connectivity index (χ0) is 14.7. The summed E-state index contributed by atoms with van der Waals surface area (Å²) in [5, 5.41) is 22.2. The molecule has 0 aromatic heterocycles. The lowest BCUT2D eigenvalue weighted by Gasteiger charge is -2.35. The summed E-state index contributed by atoms with van der Waals surface area (Å²) in [6.07, 6.45) is 2.98. The molecule has 1 fully saturated rings. The van der Waals surface area contributed by atoms with Crippen LogP contribution in [0, 0.1) is 5.92 Å². The molecule has 1 rings (SSSR count). The predicted octanol–water partition coefficient (Wildman–Crippen LogP) is 0.0150. The van der Waals surface area contributed by atoms with Crippen molar-refractivity contribution in [3.8, 4) is 0 Å². The second-order valence-electron chi connectivity index (χ2n) is 5.71. The SMILES string of the molecule is CC(CS(C)(=O)=O)NCC1(O)CCC(C(=O)O)CC1. The highest BCUT2D eigenvalue weighted by atomic mass is 32.2. The van der Waals surface area contributed by atoms with Gasteiger partial charge in [0.2, 0.25) is 0 Å². The van der Waals surface area contributed by atoms with Gasteiger partial charge in [0, 0.05) is 18.8 Å². The van der Waals surface area contributed by atoms with Gasteiger partial charge in [0.25, 0.3) is 0 Å². The van der Waals surface area contributed by atoms with E-state index in [1.807, 2.05) is 0 Å². The Morgan fingerprint density at radius 3 is 2.37 bits per heavy atom. The van der Waals surface area contributed by atoms with E-state index >= 15 is 0 Å². The van der Waals surface area contributed by atoms with Gasteiger partial charge in [-0.2, -0.15) is 0 Å². The molecular formula is C12H23NO5S. The Bertz CT molecular complexity index is 412. The van der Waals surface area contributed by atoms with Crippen molar-refractivity contribution in [2.45, 2.75) is 44.2 Å². The highest BCUT2D eigenvalue weighted by Gasteiger charge is 2.35. The first-order valence-electron chi connectivity index (χ1n) is 6.48. The molecule has 1 unspecified atom stereocenters. The minimum absolute atomic E-state index is 0.0286. The van der Waals surface area contributed by atoms with Gasteiger partial charge in [0.1, 0.15) is 9.84 Å². The molecule has 3 N–H and O–H groups in total.